The number of hydrogen-bond acceptors (Lipinski definition) is 3. The van der Waals surface area contributed by atoms with Crippen LogP contribution >= 0.6 is 0 Å². The molecule has 1 N–H and O–H groups in total. The van der Waals surface area contributed by atoms with Gasteiger partial charge in [0.1, 0.15) is 0 Å². The molecule has 0 aliphatic rings. The predicted molar refractivity (Wildman–Crippen MR) is 52.6 cm³/mol. The van der Waals surface area contributed by atoms with Crippen molar-refractivity contribution in [3.63, 3.8) is 0 Å². The Labute approximate surface area is 80.4 Å². The molecule has 0 aliphatic carbocycles. The number of aromatic nitrogens is 2. The van der Waals surface area contributed by atoms with Crippen LogP contribution in [0.3, 0.4) is 0 Å². The lowest BCUT2D eigenvalue weighted by molar-refractivity contribution is 0.163. The molecule has 0 spiro atoms. The summed E-state index contributed by atoms with van der Waals surface area (Å²) in [6, 6.07) is 7.27. The minimum atomic E-state index is -0.624. The first kappa shape index (κ1) is 8.74. The van der Waals surface area contributed by atoms with Gasteiger partial charge in [-0.15, -0.1) is 4.73 Å². The van der Waals surface area contributed by atoms with E-state index in [1.54, 1.807) is 6.07 Å². The van der Waals surface area contributed by atoms with Gasteiger partial charge in [-0.05, 0) is 12.5 Å². The van der Waals surface area contributed by atoms with Gasteiger partial charge in [0.25, 0.3) is 0 Å². The first-order chi connectivity index (χ1) is 6.74. The lowest BCUT2D eigenvalue weighted by atomic mass is 10.1. The van der Waals surface area contributed by atoms with Crippen LogP contribution in [-0.2, 0) is 6.42 Å². The van der Waals surface area contributed by atoms with Gasteiger partial charge >= 0.3 is 5.69 Å². The van der Waals surface area contributed by atoms with E-state index in [0.29, 0.717) is 22.4 Å². The van der Waals surface area contributed by atoms with Gasteiger partial charge in [0.05, 0.1) is 11.2 Å². The van der Waals surface area contributed by atoms with E-state index in [9.17, 15) is 10.0 Å². The molecule has 0 radical (unpaired) electrons. The van der Waals surface area contributed by atoms with E-state index >= 15 is 0 Å². The third-order valence-corrected chi connectivity index (χ3v) is 2.20. The summed E-state index contributed by atoms with van der Waals surface area (Å²) in [4.78, 5) is 15.0. The first-order valence-electron chi connectivity index (χ1n) is 4.44. The summed E-state index contributed by atoms with van der Waals surface area (Å²) in [5.41, 5.74) is 0.598. The number of para-hydroxylation sites is 1. The normalized spacial score (nSPS) is 10.6. The van der Waals surface area contributed by atoms with Crippen LogP contribution in [0, 0.1) is 0 Å². The average molecular weight is 190 g/mol. The molecule has 72 valence electrons. The highest BCUT2D eigenvalue weighted by atomic mass is 16.5. The third kappa shape index (κ3) is 1.16. The molecule has 1 heterocycles. The largest absolute Gasteiger partial charge is 0.424 e. The monoisotopic (exact) mass is 190 g/mol. The van der Waals surface area contributed by atoms with Crippen LogP contribution in [0.25, 0.3) is 10.9 Å². The van der Waals surface area contributed by atoms with E-state index in [2.05, 4.69) is 4.98 Å². The molecule has 4 heteroatoms. The molecule has 0 fully saturated rings. The summed E-state index contributed by atoms with van der Waals surface area (Å²) in [6.07, 6.45) is 0.592. The molecule has 0 aliphatic heterocycles. The fourth-order valence-corrected chi connectivity index (χ4v) is 1.54. The molecule has 0 saturated carbocycles. The summed E-state index contributed by atoms with van der Waals surface area (Å²) in [7, 11) is 0. The smallest absolute Gasteiger partial charge is 0.381 e. The number of benzene rings is 1. The second-order valence-electron chi connectivity index (χ2n) is 3.02. The number of aryl methyl sites for hydroxylation is 1. The zero-order chi connectivity index (χ0) is 10.1. The number of fused-ring (bicyclic) bond motifs is 1. The molecular formula is C10H10N2O2. The second kappa shape index (κ2) is 3.14. The number of nitrogens with zero attached hydrogens (tertiary/aromatic N) is 2. The minimum absolute atomic E-state index is 0.592. The van der Waals surface area contributed by atoms with Gasteiger partial charge in [-0.1, -0.05) is 25.1 Å². The first-order valence-corrected chi connectivity index (χ1v) is 4.44. The Bertz CT molecular complexity index is 531. The molecular weight excluding hydrogens is 180 g/mol. The van der Waals surface area contributed by atoms with Gasteiger partial charge in [0, 0.05) is 5.39 Å². The van der Waals surface area contributed by atoms with Crippen molar-refractivity contribution in [2.24, 2.45) is 0 Å². The second-order valence-corrected chi connectivity index (χ2v) is 3.02. The molecule has 1 aromatic heterocycles. The molecule has 4 nitrogen and oxygen atoms in total. The van der Waals surface area contributed by atoms with Gasteiger partial charge in [-0.2, -0.15) is 4.98 Å². The van der Waals surface area contributed by atoms with E-state index in [0.717, 1.165) is 5.39 Å². The van der Waals surface area contributed by atoms with E-state index < -0.39 is 5.69 Å². The third-order valence-electron chi connectivity index (χ3n) is 2.20. The summed E-state index contributed by atoms with van der Waals surface area (Å²) in [5, 5.41) is 10.3. The molecule has 2 aromatic rings. The summed E-state index contributed by atoms with van der Waals surface area (Å²) >= 11 is 0. The van der Waals surface area contributed by atoms with Gasteiger partial charge in [-0.3, -0.25) is 0 Å². The Hall–Kier alpha value is -1.84. The SMILES string of the molecule is CCc1c2ccccc2nc(=O)n1O. The molecule has 0 saturated heterocycles. The molecule has 0 atom stereocenters. The van der Waals surface area contributed by atoms with Gasteiger partial charge in [-0.25, -0.2) is 4.79 Å². The highest BCUT2D eigenvalue weighted by Gasteiger charge is 2.07. The number of hydrogen-bond donors (Lipinski definition) is 1. The molecule has 0 unspecified atom stereocenters. The van der Waals surface area contributed by atoms with Crippen molar-refractivity contribution in [2.75, 3.05) is 0 Å². The number of rotatable bonds is 1. The lowest BCUT2D eigenvalue weighted by Crippen LogP contribution is -2.24. The van der Waals surface area contributed by atoms with Crippen LogP contribution in [0.4, 0.5) is 0 Å². The van der Waals surface area contributed by atoms with Crippen molar-refractivity contribution in [2.45, 2.75) is 13.3 Å². The van der Waals surface area contributed by atoms with Crippen LogP contribution in [0.5, 0.6) is 0 Å². The Kier molecular flexibility index (Phi) is 1.96. The fraction of sp³-hybridized carbons (Fsp3) is 0.200. The van der Waals surface area contributed by atoms with Crippen LogP contribution in [0.15, 0.2) is 29.1 Å². The van der Waals surface area contributed by atoms with Crippen molar-refractivity contribution in [3.8, 4) is 0 Å². The summed E-state index contributed by atoms with van der Waals surface area (Å²) < 4.78 is 0.613. The molecule has 14 heavy (non-hydrogen) atoms. The van der Waals surface area contributed by atoms with Gasteiger partial charge in [0.2, 0.25) is 0 Å². The van der Waals surface area contributed by atoms with Crippen LogP contribution in [0.2, 0.25) is 0 Å². The van der Waals surface area contributed by atoms with Crippen molar-refractivity contribution < 1.29 is 5.21 Å². The van der Waals surface area contributed by atoms with Gasteiger partial charge < -0.3 is 5.21 Å². The maximum absolute atomic E-state index is 11.2. The van der Waals surface area contributed by atoms with Crippen molar-refractivity contribution in [1.29, 1.82) is 0 Å². The van der Waals surface area contributed by atoms with Crippen molar-refractivity contribution >= 4 is 10.9 Å². The van der Waals surface area contributed by atoms with Crippen LogP contribution in [-0.4, -0.2) is 14.9 Å². The Balaban J connectivity index is 2.96. The fourth-order valence-electron chi connectivity index (χ4n) is 1.54. The molecule has 2 rings (SSSR count). The van der Waals surface area contributed by atoms with E-state index in [-0.39, 0.29) is 0 Å². The quantitative estimate of drug-likeness (QED) is 0.687. The van der Waals surface area contributed by atoms with Crippen LogP contribution in [0.1, 0.15) is 12.6 Å². The zero-order valence-corrected chi connectivity index (χ0v) is 7.77. The Morgan fingerprint density at radius 2 is 2.14 bits per heavy atom. The summed E-state index contributed by atoms with van der Waals surface area (Å²) in [5.74, 6) is 0. The van der Waals surface area contributed by atoms with Crippen molar-refractivity contribution in [1.82, 2.24) is 9.71 Å². The molecule has 0 amide bonds. The van der Waals surface area contributed by atoms with Crippen LogP contribution < -0.4 is 5.69 Å². The zero-order valence-electron chi connectivity index (χ0n) is 7.77. The Morgan fingerprint density at radius 3 is 2.86 bits per heavy atom. The maximum atomic E-state index is 11.2. The standard InChI is InChI=1S/C10H10N2O2/c1-2-9-7-5-3-4-6-8(7)11-10(13)12(9)14/h3-6,14H,2H2,1H3. The maximum Gasteiger partial charge on any atom is 0.381 e. The van der Waals surface area contributed by atoms with E-state index in [1.807, 2.05) is 25.1 Å². The average Bonchev–Trinajstić information content (AvgIpc) is 2.20. The van der Waals surface area contributed by atoms with Crippen molar-refractivity contribution in [3.05, 3.63) is 40.4 Å². The van der Waals surface area contributed by atoms with E-state index in [4.69, 9.17) is 0 Å². The Morgan fingerprint density at radius 1 is 1.43 bits per heavy atom. The topological polar surface area (TPSA) is 55.1 Å². The molecule has 1 aromatic carbocycles. The van der Waals surface area contributed by atoms with Gasteiger partial charge in [0.15, 0.2) is 0 Å². The highest BCUT2D eigenvalue weighted by molar-refractivity contribution is 5.80. The van der Waals surface area contributed by atoms with E-state index in [1.165, 1.54) is 0 Å². The minimum Gasteiger partial charge on any atom is -0.424 e. The lowest BCUT2D eigenvalue weighted by Gasteiger charge is -2.06. The summed E-state index contributed by atoms with van der Waals surface area (Å²) in [6.45, 7) is 1.88. The highest BCUT2D eigenvalue weighted by Crippen LogP contribution is 2.13. The predicted octanol–water partition coefficient (Wildman–Crippen LogP) is 1.20. The molecule has 0 bridgehead atoms.